The van der Waals surface area contributed by atoms with Gasteiger partial charge in [0.05, 0.1) is 0 Å². The van der Waals surface area contributed by atoms with Crippen molar-refractivity contribution in [2.24, 2.45) is 5.92 Å². The van der Waals surface area contributed by atoms with Gasteiger partial charge in [0.15, 0.2) is 5.66 Å². The molecule has 0 amide bonds. The summed E-state index contributed by atoms with van der Waals surface area (Å²) in [6, 6.07) is 4.60. The molecule has 5 nitrogen and oxygen atoms in total. The lowest BCUT2D eigenvalue weighted by molar-refractivity contribution is -0.135. The monoisotopic (exact) mass is 276 g/mol. The first kappa shape index (κ1) is 14.8. The van der Waals surface area contributed by atoms with E-state index in [-0.39, 0.29) is 5.75 Å². The predicted molar refractivity (Wildman–Crippen MR) is 62.7 cm³/mol. The molecule has 7 heteroatoms. The SMILES string of the molecule is CC(C)C(C(=O)Oc1ccc(F)cc1)P(=O)(O)O. The van der Waals surface area contributed by atoms with Crippen molar-refractivity contribution in [3.63, 3.8) is 0 Å². The standard InChI is InChI=1S/C11H14FO5P/c1-7(2)10(18(14,15)16)11(13)17-9-5-3-8(12)4-6-9/h3-7,10H,1-2H3,(H2,14,15,16). The van der Waals surface area contributed by atoms with Gasteiger partial charge in [-0.15, -0.1) is 0 Å². The lowest BCUT2D eigenvalue weighted by Crippen LogP contribution is -2.30. The van der Waals surface area contributed by atoms with Gasteiger partial charge in [-0.25, -0.2) is 4.39 Å². The molecule has 18 heavy (non-hydrogen) atoms. The van der Waals surface area contributed by atoms with E-state index in [0.29, 0.717) is 0 Å². The third-order valence-electron chi connectivity index (χ3n) is 2.27. The lowest BCUT2D eigenvalue weighted by Gasteiger charge is -2.20. The molecule has 0 aliphatic rings. The van der Waals surface area contributed by atoms with Crippen LogP contribution in [-0.2, 0) is 9.36 Å². The second-order valence-electron chi connectivity index (χ2n) is 4.15. The molecular formula is C11H14FO5P. The Labute approximate surface area is 104 Å². The summed E-state index contributed by atoms with van der Waals surface area (Å²) in [4.78, 5) is 29.9. The van der Waals surface area contributed by atoms with E-state index in [4.69, 9.17) is 14.5 Å². The van der Waals surface area contributed by atoms with Crippen LogP contribution in [0.4, 0.5) is 4.39 Å². The topological polar surface area (TPSA) is 83.8 Å². The van der Waals surface area contributed by atoms with Crippen LogP contribution in [-0.4, -0.2) is 21.4 Å². The molecule has 0 fully saturated rings. The van der Waals surface area contributed by atoms with Gasteiger partial charge in [0.1, 0.15) is 11.6 Å². The van der Waals surface area contributed by atoms with Gasteiger partial charge in [-0.3, -0.25) is 9.36 Å². The average Bonchev–Trinajstić information content (AvgIpc) is 2.18. The number of carbonyl (C=O) groups is 1. The average molecular weight is 276 g/mol. The van der Waals surface area contributed by atoms with Crippen molar-refractivity contribution in [2.45, 2.75) is 19.5 Å². The molecule has 100 valence electrons. The second kappa shape index (κ2) is 5.61. The highest BCUT2D eigenvalue weighted by atomic mass is 31.2. The highest BCUT2D eigenvalue weighted by Gasteiger charge is 2.39. The van der Waals surface area contributed by atoms with Crippen LogP contribution in [0.3, 0.4) is 0 Å². The normalized spacial score (nSPS) is 13.4. The van der Waals surface area contributed by atoms with E-state index in [1.54, 1.807) is 0 Å². The highest BCUT2D eigenvalue weighted by Crippen LogP contribution is 2.45. The largest absolute Gasteiger partial charge is 0.426 e. The fraction of sp³-hybridized carbons (Fsp3) is 0.364. The zero-order valence-corrected chi connectivity index (χ0v) is 10.8. The number of halogens is 1. The quantitative estimate of drug-likeness (QED) is 0.498. The maximum Gasteiger partial charge on any atom is 0.340 e. The Morgan fingerprint density at radius 1 is 1.28 bits per heavy atom. The van der Waals surface area contributed by atoms with Crippen LogP contribution in [0.5, 0.6) is 5.75 Å². The van der Waals surface area contributed by atoms with E-state index in [9.17, 15) is 13.8 Å². The van der Waals surface area contributed by atoms with Crippen LogP contribution in [0, 0.1) is 11.7 Å². The first-order valence-electron chi connectivity index (χ1n) is 5.24. The molecule has 0 aliphatic carbocycles. The number of benzene rings is 1. The van der Waals surface area contributed by atoms with Crippen LogP contribution >= 0.6 is 7.60 Å². The zero-order valence-electron chi connectivity index (χ0n) is 9.91. The van der Waals surface area contributed by atoms with Crippen molar-refractivity contribution in [3.8, 4) is 5.75 Å². The lowest BCUT2D eigenvalue weighted by atomic mass is 10.1. The Morgan fingerprint density at radius 3 is 2.17 bits per heavy atom. The smallest absolute Gasteiger partial charge is 0.340 e. The number of hydrogen-bond donors (Lipinski definition) is 2. The molecular weight excluding hydrogens is 262 g/mol. The van der Waals surface area contributed by atoms with Gasteiger partial charge in [0, 0.05) is 0 Å². The molecule has 0 bridgehead atoms. The Hall–Kier alpha value is -1.23. The number of ether oxygens (including phenoxy) is 1. The maximum absolute atomic E-state index is 12.6. The van der Waals surface area contributed by atoms with E-state index >= 15 is 0 Å². The minimum absolute atomic E-state index is 0.0421. The van der Waals surface area contributed by atoms with E-state index in [1.807, 2.05) is 0 Å². The molecule has 2 N–H and O–H groups in total. The van der Waals surface area contributed by atoms with E-state index in [2.05, 4.69) is 0 Å². The van der Waals surface area contributed by atoms with Gasteiger partial charge in [-0.05, 0) is 30.2 Å². The Kier molecular flexibility index (Phi) is 4.62. The fourth-order valence-electron chi connectivity index (χ4n) is 1.48. The molecule has 1 aromatic rings. The van der Waals surface area contributed by atoms with Crippen molar-refractivity contribution in [3.05, 3.63) is 30.1 Å². The van der Waals surface area contributed by atoms with Gasteiger partial charge in [0.25, 0.3) is 0 Å². The first-order valence-corrected chi connectivity index (χ1v) is 6.92. The zero-order chi connectivity index (χ0) is 13.9. The molecule has 0 aliphatic heterocycles. The summed E-state index contributed by atoms with van der Waals surface area (Å²) in [6.45, 7) is 3.02. The molecule has 1 unspecified atom stereocenters. The van der Waals surface area contributed by atoms with Crippen LogP contribution in [0.15, 0.2) is 24.3 Å². The molecule has 1 atom stereocenters. The van der Waals surface area contributed by atoms with Gasteiger partial charge in [-0.1, -0.05) is 13.8 Å². The second-order valence-corrected chi connectivity index (χ2v) is 5.89. The van der Waals surface area contributed by atoms with E-state index < -0.39 is 31.0 Å². The predicted octanol–water partition coefficient (Wildman–Crippen LogP) is 1.93. The minimum atomic E-state index is -4.58. The Bertz CT molecular complexity index is 465. The van der Waals surface area contributed by atoms with Crippen LogP contribution in [0.2, 0.25) is 0 Å². The van der Waals surface area contributed by atoms with Crippen LogP contribution in [0.1, 0.15) is 13.8 Å². The van der Waals surface area contributed by atoms with Crippen molar-refractivity contribution < 1.29 is 28.3 Å². The van der Waals surface area contributed by atoms with Crippen LogP contribution in [0.25, 0.3) is 0 Å². The molecule has 0 spiro atoms. The van der Waals surface area contributed by atoms with Crippen molar-refractivity contribution >= 4 is 13.6 Å². The molecule has 1 aromatic carbocycles. The van der Waals surface area contributed by atoms with Crippen molar-refractivity contribution in [2.75, 3.05) is 0 Å². The summed E-state index contributed by atoms with van der Waals surface area (Å²) in [7, 11) is -4.58. The molecule has 0 saturated heterocycles. The molecule has 0 heterocycles. The number of carbonyl (C=O) groups excluding carboxylic acids is 1. The maximum atomic E-state index is 12.6. The number of esters is 1. The first-order chi connectivity index (χ1) is 8.21. The summed E-state index contributed by atoms with van der Waals surface area (Å²) < 4.78 is 28.6. The molecule has 0 radical (unpaired) electrons. The van der Waals surface area contributed by atoms with E-state index in [1.165, 1.54) is 26.0 Å². The van der Waals surface area contributed by atoms with Crippen molar-refractivity contribution in [1.82, 2.24) is 0 Å². The Morgan fingerprint density at radius 2 is 1.78 bits per heavy atom. The number of rotatable bonds is 4. The summed E-state index contributed by atoms with van der Waals surface area (Å²) in [6.07, 6.45) is 0. The fourth-order valence-corrected chi connectivity index (χ4v) is 2.58. The summed E-state index contributed by atoms with van der Waals surface area (Å²) in [5, 5.41) is 0. The van der Waals surface area contributed by atoms with Crippen molar-refractivity contribution in [1.29, 1.82) is 0 Å². The van der Waals surface area contributed by atoms with Crippen LogP contribution < -0.4 is 4.74 Å². The molecule has 0 aromatic heterocycles. The van der Waals surface area contributed by atoms with Gasteiger partial charge in [-0.2, -0.15) is 0 Å². The van der Waals surface area contributed by atoms with Gasteiger partial charge >= 0.3 is 13.6 Å². The minimum Gasteiger partial charge on any atom is -0.426 e. The molecule has 1 rings (SSSR count). The highest BCUT2D eigenvalue weighted by molar-refractivity contribution is 7.53. The third kappa shape index (κ3) is 3.91. The van der Waals surface area contributed by atoms with Gasteiger partial charge in [0.2, 0.25) is 0 Å². The third-order valence-corrected chi connectivity index (χ3v) is 3.80. The Balaban J connectivity index is 2.86. The summed E-state index contributed by atoms with van der Waals surface area (Å²) >= 11 is 0. The number of hydrogen-bond acceptors (Lipinski definition) is 3. The van der Waals surface area contributed by atoms with E-state index in [0.717, 1.165) is 12.1 Å². The summed E-state index contributed by atoms with van der Waals surface area (Å²) in [5.74, 6) is -2.05. The molecule has 0 saturated carbocycles. The summed E-state index contributed by atoms with van der Waals surface area (Å²) in [5.41, 5.74) is -1.53. The van der Waals surface area contributed by atoms with Gasteiger partial charge < -0.3 is 14.5 Å².